The van der Waals surface area contributed by atoms with Gasteiger partial charge in [-0.3, -0.25) is 9.59 Å². The van der Waals surface area contributed by atoms with Crippen molar-refractivity contribution in [3.8, 4) is 0 Å². The molecule has 0 unspecified atom stereocenters. The van der Waals surface area contributed by atoms with E-state index in [4.69, 9.17) is 0 Å². The number of esters is 1. The highest BCUT2D eigenvalue weighted by molar-refractivity contribution is 5.84. The molecule has 0 spiro atoms. The average molecular weight is 382 g/mol. The third kappa shape index (κ3) is 8.18. The largest absolute Gasteiger partial charge is 0.469 e. The van der Waals surface area contributed by atoms with E-state index in [-0.39, 0.29) is 24.1 Å². The van der Waals surface area contributed by atoms with Crippen molar-refractivity contribution in [1.82, 2.24) is 0 Å². The first-order chi connectivity index (χ1) is 12.9. The van der Waals surface area contributed by atoms with Crippen LogP contribution in [-0.2, 0) is 14.3 Å². The average Bonchev–Trinajstić information content (AvgIpc) is 2.92. The number of Topliss-reactive ketones (excluding diaryl/α,β-unsaturated/α-hetero) is 1. The van der Waals surface area contributed by atoms with Crippen molar-refractivity contribution in [2.75, 3.05) is 7.11 Å². The Kier molecular flexibility index (Phi) is 10.8. The Balaban J connectivity index is 2.58. The molecule has 2 N–H and O–H groups in total. The number of ether oxygens (including phenoxy) is 1. The second-order valence-corrected chi connectivity index (χ2v) is 6.80. The monoisotopic (exact) mass is 382 g/mol. The zero-order valence-electron chi connectivity index (χ0n) is 16.1. The molecule has 0 aliphatic heterocycles. The summed E-state index contributed by atoms with van der Waals surface area (Å²) in [6.07, 6.45) is 9.40. The maximum absolute atomic E-state index is 13.7. The van der Waals surface area contributed by atoms with E-state index in [1.54, 1.807) is 6.08 Å². The van der Waals surface area contributed by atoms with Gasteiger partial charge >= 0.3 is 5.97 Å². The number of aliphatic hydroxyl groups is 2. The lowest BCUT2D eigenvalue weighted by Crippen LogP contribution is -2.19. The zero-order valence-corrected chi connectivity index (χ0v) is 16.1. The Hall–Kier alpha value is -1.79. The first-order valence-corrected chi connectivity index (χ1v) is 9.55. The number of ketones is 1. The number of carbonyl (C=O) groups is 2. The molecule has 0 amide bonds. The number of halogens is 1. The molecule has 0 radical (unpaired) electrons. The van der Waals surface area contributed by atoms with Gasteiger partial charge in [0.25, 0.3) is 0 Å². The van der Waals surface area contributed by atoms with Gasteiger partial charge < -0.3 is 14.9 Å². The highest BCUT2D eigenvalue weighted by atomic mass is 19.1. The molecule has 0 heterocycles. The molecular weight excluding hydrogens is 351 g/mol. The van der Waals surface area contributed by atoms with Crippen LogP contribution in [0.3, 0.4) is 0 Å². The minimum atomic E-state index is -1.35. The number of rotatable bonds is 11. The molecular formula is C21H31FO5. The molecule has 5 nitrogen and oxygen atoms in total. The van der Waals surface area contributed by atoms with E-state index in [0.717, 1.165) is 6.42 Å². The fraction of sp³-hybridized carbons (Fsp3) is 0.619. The van der Waals surface area contributed by atoms with Gasteiger partial charge in [-0.25, -0.2) is 4.39 Å². The normalized spacial score (nSPS) is 24.9. The quantitative estimate of drug-likeness (QED) is 0.325. The van der Waals surface area contributed by atoms with Gasteiger partial charge in [0.1, 0.15) is 17.7 Å². The van der Waals surface area contributed by atoms with Crippen molar-refractivity contribution in [2.24, 2.45) is 11.8 Å². The summed E-state index contributed by atoms with van der Waals surface area (Å²) in [5, 5.41) is 19.9. The van der Waals surface area contributed by atoms with E-state index in [1.165, 1.54) is 19.3 Å². The summed E-state index contributed by atoms with van der Waals surface area (Å²) in [6, 6.07) is 0. The number of unbranched alkanes of at least 4 members (excludes halogenated alkanes) is 2. The second kappa shape index (κ2) is 12.6. The number of aliphatic hydroxyl groups excluding tert-OH is 2. The molecule has 1 rings (SSSR count). The number of hydrogen-bond acceptors (Lipinski definition) is 5. The van der Waals surface area contributed by atoms with Gasteiger partial charge in [0.15, 0.2) is 0 Å². The number of carbonyl (C=O) groups excluding carboxylic acids is 2. The maximum atomic E-state index is 13.7. The Morgan fingerprint density at radius 3 is 2.78 bits per heavy atom. The number of hydrogen-bond donors (Lipinski definition) is 2. The van der Waals surface area contributed by atoms with Gasteiger partial charge in [0.05, 0.1) is 13.2 Å². The van der Waals surface area contributed by atoms with Crippen LogP contribution in [0.15, 0.2) is 36.2 Å². The van der Waals surface area contributed by atoms with Crippen LogP contribution < -0.4 is 0 Å². The molecule has 1 fully saturated rings. The Morgan fingerprint density at radius 2 is 2.11 bits per heavy atom. The summed E-state index contributed by atoms with van der Waals surface area (Å²) < 4.78 is 18.3. The van der Waals surface area contributed by atoms with Crippen molar-refractivity contribution in [3.63, 3.8) is 0 Å². The fourth-order valence-corrected chi connectivity index (χ4v) is 3.08. The van der Waals surface area contributed by atoms with E-state index in [2.05, 4.69) is 4.74 Å². The molecule has 4 atom stereocenters. The minimum Gasteiger partial charge on any atom is -0.469 e. The van der Waals surface area contributed by atoms with E-state index < -0.39 is 24.0 Å². The van der Waals surface area contributed by atoms with Crippen LogP contribution in [0.2, 0.25) is 0 Å². The van der Waals surface area contributed by atoms with Crippen molar-refractivity contribution < 1.29 is 28.9 Å². The predicted molar refractivity (Wildman–Crippen MR) is 101 cm³/mol. The third-order valence-corrected chi connectivity index (χ3v) is 4.70. The summed E-state index contributed by atoms with van der Waals surface area (Å²) in [4.78, 5) is 23.2. The highest BCUT2D eigenvalue weighted by Gasteiger charge is 2.39. The lowest BCUT2D eigenvalue weighted by Gasteiger charge is -2.16. The molecule has 0 aromatic heterocycles. The topological polar surface area (TPSA) is 83.8 Å². The summed E-state index contributed by atoms with van der Waals surface area (Å²) in [7, 11) is 1.35. The Labute approximate surface area is 160 Å². The SMILES string of the molecule is CCC/C=C(\F)[C@H](O)/C=C/[C@H]1[C@H](O)CC(=O)[C@@H]1C/C=C\CCCC(=O)OC. The second-order valence-electron chi connectivity index (χ2n) is 6.80. The van der Waals surface area contributed by atoms with Crippen molar-refractivity contribution in [2.45, 2.75) is 64.1 Å². The van der Waals surface area contributed by atoms with Crippen molar-refractivity contribution >= 4 is 11.8 Å². The molecule has 0 saturated heterocycles. The molecule has 1 aliphatic rings. The van der Waals surface area contributed by atoms with Gasteiger partial charge in [-0.15, -0.1) is 0 Å². The van der Waals surface area contributed by atoms with Gasteiger partial charge in [0.2, 0.25) is 0 Å². The van der Waals surface area contributed by atoms with E-state index in [9.17, 15) is 24.2 Å². The van der Waals surface area contributed by atoms with Crippen molar-refractivity contribution in [1.29, 1.82) is 0 Å². The summed E-state index contributed by atoms with van der Waals surface area (Å²) in [6.45, 7) is 1.92. The van der Waals surface area contributed by atoms with E-state index in [1.807, 2.05) is 19.1 Å². The minimum absolute atomic E-state index is 0.0344. The fourth-order valence-electron chi connectivity index (χ4n) is 3.08. The van der Waals surface area contributed by atoms with Crippen LogP contribution in [-0.4, -0.2) is 41.3 Å². The van der Waals surface area contributed by atoms with Crippen LogP contribution in [0.4, 0.5) is 4.39 Å². The summed E-state index contributed by atoms with van der Waals surface area (Å²) in [5.41, 5.74) is 0. The van der Waals surface area contributed by atoms with E-state index >= 15 is 0 Å². The smallest absolute Gasteiger partial charge is 0.305 e. The Morgan fingerprint density at radius 1 is 1.37 bits per heavy atom. The standard InChI is InChI=1S/C21H31FO5/c1-3-4-10-17(22)18(23)13-12-16-15(19(24)14-20(16)25)9-7-5-6-8-11-21(26)27-2/h5,7,10,12-13,15-16,18,20,23,25H,3-4,6,8-9,11,14H2,1-2H3/b7-5-,13-12+,17-10-/t15-,16-,18-,20-/m1/s1. The molecule has 6 heteroatoms. The molecule has 1 saturated carbocycles. The maximum Gasteiger partial charge on any atom is 0.305 e. The van der Waals surface area contributed by atoms with E-state index in [0.29, 0.717) is 32.1 Å². The lowest BCUT2D eigenvalue weighted by atomic mass is 9.90. The van der Waals surface area contributed by atoms with Crippen LogP contribution in [0, 0.1) is 11.8 Å². The zero-order chi connectivity index (χ0) is 20.2. The van der Waals surface area contributed by atoms with Gasteiger partial charge in [-0.05, 0) is 31.8 Å². The molecule has 1 aliphatic carbocycles. The van der Waals surface area contributed by atoms with Gasteiger partial charge in [-0.2, -0.15) is 0 Å². The summed E-state index contributed by atoms with van der Waals surface area (Å²) >= 11 is 0. The highest BCUT2D eigenvalue weighted by Crippen LogP contribution is 2.33. The van der Waals surface area contributed by atoms with Crippen molar-refractivity contribution in [3.05, 3.63) is 36.2 Å². The van der Waals surface area contributed by atoms with Crippen LogP contribution in [0.25, 0.3) is 0 Å². The number of allylic oxidation sites excluding steroid dienone is 3. The van der Waals surface area contributed by atoms with Crippen LogP contribution in [0.5, 0.6) is 0 Å². The first-order valence-electron chi connectivity index (χ1n) is 9.55. The van der Waals surface area contributed by atoms with Gasteiger partial charge in [-0.1, -0.05) is 37.6 Å². The molecule has 0 aromatic rings. The Bertz CT molecular complexity index is 567. The number of methoxy groups -OCH3 is 1. The lowest BCUT2D eigenvalue weighted by molar-refractivity contribution is -0.140. The third-order valence-electron chi connectivity index (χ3n) is 4.70. The molecule has 27 heavy (non-hydrogen) atoms. The molecule has 0 aromatic carbocycles. The summed E-state index contributed by atoms with van der Waals surface area (Å²) in [5.74, 6) is -1.72. The van der Waals surface area contributed by atoms with Crippen LogP contribution >= 0.6 is 0 Å². The van der Waals surface area contributed by atoms with Crippen LogP contribution in [0.1, 0.15) is 51.9 Å². The molecule has 152 valence electrons. The predicted octanol–water partition coefficient (Wildman–Crippen LogP) is 3.41. The van der Waals surface area contributed by atoms with Gasteiger partial charge in [0, 0.05) is 24.7 Å². The molecule has 0 bridgehead atoms. The first kappa shape index (κ1) is 23.2.